The summed E-state index contributed by atoms with van der Waals surface area (Å²) in [5, 5.41) is 0. The molecule has 3 aromatic rings. The lowest BCUT2D eigenvalue weighted by atomic mass is 9.92. The Balaban J connectivity index is 1.74. The molecule has 0 radical (unpaired) electrons. The highest BCUT2D eigenvalue weighted by atomic mass is 16.5. The molecular weight excluding hydrogens is 332 g/mol. The number of morpholine rings is 1. The predicted molar refractivity (Wildman–Crippen MR) is 112 cm³/mol. The quantitative estimate of drug-likeness (QED) is 0.647. The van der Waals surface area contributed by atoms with Crippen molar-refractivity contribution in [2.75, 3.05) is 37.0 Å². The molecule has 0 aliphatic carbocycles. The van der Waals surface area contributed by atoms with E-state index in [0.717, 1.165) is 13.2 Å². The van der Waals surface area contributed by atoms with Gasteiger partial charge >= 0.3 is 0 Å². The zero-order valence-electron chi connectivity index (χ0n) is 16.0. The van der Waals surface area contributed by atoms with Gasteiger partial charge in [-0.25, -0.2) is 0 Å². The van der Waals surface area contributed by atoms with E-state index in [9.17, 15) is 0 Å². The largest absolute Gasteiger partial charge is 0.378 e. The Morgan fingerprint density at radius 1 is 0.778 bits per heavy atom. The van der Waals surface area contributed by atoms with E-state index in [0.29, 0.717) is 0 Å². The van der Waals surface area contributed by atoms with Gasteiger partial charge in [0.15, 0.2) is 0 Å². The molecule has 3 heteroatoms. The number of rotatable bonds is 4. The van der Waals surface area contributed by atoms with Gasteiger partial charge in [-0.3, -0.25) is 0 Å². The van der Waals surface area contributed by atoms with Crippen LogP contribution in [0.5, 0.6) is 0 Å². The lowest BCUT2D eigenvalue weighted by molar-refractivity contribution is 0.00914. The van der Waals surface area contributed by atoms with E-state index in [1.807, 2.05) is 0 Å². The fraction of sp³-hybridized carbons (Fsp3) is 0.250. The van der Waals surface area contributed by atoms with Gasteiger partial charge in [-0.2, -0.15) is 0 Å². The van der Waals surface area contributed by atoms with E-state index in [4.69, 9.17) is 4.74 Å². The minimum Gasteiger partial charge on any atom is -0.378 e. The molecule has 1 saturated heterocycles. The fourth-order valence-corrected chi connectivity index (χ4v) is 3.83. The molecule has 0 N–H and O–H groups in total. The Morgan fingerprint density at radius 2 is 1.41 bits per heavy atom. The fourth-order valence-electron chi connectivity index (χ4n) is 3.83. The van der Waals surface area contributed by atoms with Crippen LogP contribution in [0.4, 0.5) is 11.4 Å². The molecule has 1 heterocycles. The van der Waals surface area contributed by atoms with Crippen molar-refractivity contribution in [3.05, 3.63) is 96.1 Å². The molecule has 1 fully saturated rings. The summed E-state index contributed by atoms with van der Waals surface area (Å²) in [4.78, 5) is 4.60. The molecular formula is C24H26N2O. The third-order valence-electron chi connectivity index (χ3n) is 5.22. The maximum absolute atomic E-state index is 6.33. The predicted octanol–water partition coefficient (Wildman–Crippen LogP) is 5.07. The first-order chi connectivity index (χ1) is 13.2. The summed E-state index contributed by atoms with van der Waals surface area (Å²) in [6.07, 6.45) is -0.00225. The highest BCUT2D eigenvalue weighted by Crippen LogP contribution is 2.42. The lowest BCUT2D eigenvalue weighted by Gasteiger charge is -2.43. The molecule has 4 rings (SSSR count). The van der Waals surface area contributed by atoms with Gasteiger partial charge in [-0.1, -0.05) is 60.7 Å². The Hall–Kier alpha value is -2.78. The Morgan fingerprint density at radius 3 is 2.04 bits per heavy atom. The van der Waals surface area contributed by atoms with E-state index in [2.05, 4.69) is 109 Å². The van der Waals surface area contributed by atoms with Gasteiger partial charge in [0, 0.05) is 32.0 Å². The first kappa shape index (κ1) is 17.6. The zero-order valence-corrected chi connectivity index (χ0v) is 16.0. The van der Waals surface area contributed by atoms with Gasteiger partial charge < -0.3 is 14.5 Å². The molecule has 2 atom stereocenters. The molecule has 1 aliphatic heterocycles. The van der Waals surface area contributed by atoms with Crippen LogP contribution in [0, 0.1) is 0 Å². The first-order valence-corrected chi connectivity index (χ1v) is 9.49. The third-order valence-corrected chi connectivity index (χ3v) is 5.22. The second-order valence-electron chi connectivity index (χ2n) is 7.16. The van der Waals surface area contributed by atoms with Gasteiger partial charge in [0.25, 0.3) is 0 Å². The van der Waals surface area contributed by atoms with Crippen molar-refractivity contribution in [3.8, 4) is 0 Å². The Labute approximate surface area is 161 Å². The van der Waals surface area contributed by atoms with Crippen LogP contribution in [0.25, 0.3) is 0 Å². The smallest absolute Gasteiger partial charge is 0.107 e. The number of hydrogen-bond acceptors (Lipinski definition) is 3. The van der Waals surface area contributed by atoms with Crippen molar-refractivity contribution in [1.29, 1.82) is 0 Å². The van der Waals surface area contributed by atoms with Crippen molar-refractivity contribution in [2.24, 2.45) is 0 Å². The molecule has 27 heavy (non-hydrogen) atoms. The van der Waals surface area contributed by atoms with E-state index in [1.54, 1.807) is 0 Å². The summed E-state index contributed by atoms with van der Waals surface area (Å²) in [5.41, 5.74) is 4.94. The van der Waals surface area contributed by atoms with Crippen LogP contribution in [0.15, 0.2) is 84.9 Å². The number of nitrogens with zero attached hydrogens (tertiary/aromatic N) is 2. The molecule has 1 aliphatic rings. The number of hydrogen-bond donors (Lipinski definition) is 0. The zero-order chi connectivity index (χ0) is 18.6. The monoisotopic (exact) mass is 358 g/mol. The average molecular weight is 358 g/mol. The number of ether oxygens (including phenoxy) is 1. The molecule has 0 amide bonds. The van der Waals surface area contributed by atoms with E-state index < -0.39 is 0 Å². The molecule has 0 spiro atoms. The lowest BCUT2D eigenvalue weighted by Crippen LogP contribution is -2.41. The van der Waals surface area contributed by atoms with Crippen molar-refractivity contribution >= 4 is 11.4 Å². The van der Waals surface area contributed by atoms with Crippen LogP contribution in [0.3, 0.4) is 0 Å². The van der Waals surface area contributed by atoms with Gasteiger partial charge in [0.1, 0.15) is 6.10 Å². The van der Waals surface area contributed by atoms with Crippen LogP contribution in [0.1, 0.15) is 23.3 Å². The Bertz CT molecular complexity index is 847. The summed E-state index contributed by atoms with van der Waals surface area (Å²) in [6, 6.07) is 30.2. The van der Waals surface area contributed by atoms with Gasteiger partial charge in [0.05, 0.1) is 12.6 Å². The SMILES string of the molecule is CN(C)c1ccc(C2OCCN(c3ccccc3)C2c2ccccc2)cc1. The summed E-state index contributed by atoms with van der Waals surface area (Å²) < 4.78 is 6.33. The second-order valence-corrected chi connectivity index (χ2v) is 7.16. The van der Waals surface area contributed by atoms with Crippen LogP contribution < -0.4 is 9.80 Å². The average Bonchev–Trinajstić information content (AvgIpc) is 2.74. The first-order valence-electron chi connectivity index (χ1n) is 9.49. The number of anilines is 2. The third kappa shape index (κ3) is 3.69. The molecule has 0 bridgehead atoms. The van der Waals surface area contributed by atoms with E-state index in [1.165, 1.54) is 22.5 Å². The second kappa shape index (κ2) is 7.85. The normalized spacial score (nSPS) is 19.7. The van der Waals surface area contributed by atoms with Crippen molar-refractivity contribution in [1.82, 2.24) is 0 Å². The minimum atomic E-state index is -0.00225. The summed E-state index contributed by atoms with van der Waals surface area (Å²) >= 11 is 0. The van der Waals surface area contributed by atoms with Crippen LogP contribution in [-0.4, -0.2) is 27.2 Å². The van der Waals surface area contributed by atoms with Crippen molar-refractivity contribution in [2.45, 2.75) is 12.1 Å². The Kier molecular flexibility index (Phi) is 5.12. The summed E-state index contributed by atoms with van der Waals surface area (Å²) in [6.45, 7) is 1.61. The summed E-state index contributed by atoms with van der Waals surface area (Å²) in [7, 11) is 4.13. The maximum atomic E-state index is 6.33. The van der Waals surface area contributed by atoms with Crippen molar-refractivity contribution in [3.63, 3.8) is 0 Å². The number of para-hydroxylation sites is 1. The van der Waals surface area contributed by atoms with Crippen LogP contribution in [0.2, 0.25) is 0 Å². The van der Waals surface area contributed by atoms with Crippen LogP contribution >= 0.6 is 0 Å². The highest BCUT2D eigenvalue weighted by Gasteiger charge is 2.34. The minimum absolute atomic E-state index is 0.00225. The number of benzene rings is 3. The molecule has 3 nitrogen and oxygen atoms in total. The van der Waals surface area contributed by atoms with E-state index >= 15 is 0 Å². The topological polar surface area (TPSA) is 15.7 Å². The van der Waals surface area contributed by atoms with Gasteiger partial charge in [0.2, 0.25) is 0 Å². The van der Waals surface area contributed by atoms with Crippen molar-refractivity contribution < 1.29 is 4.74 Å². The molecule has 3 aromatic carbocycles. The molecule has 2 unspecified atom stereocenters. The standard InChI is InChI=1S/C24H26N2O/c1-25(2)21-15-13-20(14-16-21)24-23(19-9-5-3-6-10-19)26(17-18-27-24)22-11-7-4-8-12-22/h3-16,23-24H,17-18H2,1-2H3. The molecule has 138 valence electrons. The highest BCUT2D eigenvalue weighted by molar-refractivity contribution is 5.52. The van der Waals surface area contributed by atoms with Gasteiger partial charge in [-0.15, -0.1) is 0 Å². The maximum Gasteiger partial charge on any atom is 0.107 e. The van der Waals surface area contributed by atoms with Crippen LogP contribution in [-0.2, 0) is 4.74 Å². The summed E-state index contributed by atoms with van der Waals surface area (Å²) in [5.74, 6) is 0. The van der Waals surface area contributed by atoms with Gasteiger partial charge in [-0.05, 0) is 35.4 Å². The molecule has 0 aromatic heterocycles. The van der Waals surface area contributed by atoms with E-state index in [-0.39, 0.29) is 12.1 Å². The molecule has 0 saturated carbocycles.